The van der Waals surface area contributed by atoms with Crippen molar-refractivity contribution in [2.45, 2.75) is 6.54 Å². The molecule has 0 unspecified atom stereocenters. The summed E-state index contributed by atoms with van der Waals surface area (Å²) in [6.07, 6.45) is 1.77. The Hall–Kier alpha value is -2.54. The van der Waals surface area contributed by atoms with Crippen LogP contribution in [0.5, 0.6) is 0 Å². The Bertz CT molecular complexity index is 584. The standard InChI is InChI=1S/C15H16N4/c1-17-15-13(4-3-9-18-15)11-19(2)14-7-5-12(10-16)6-8-14/h3-9H,11H2,1-2H3,(H,17,18). The molecule has 0 aliphatic rings. The van der Waals surface area contributed by atoms with Crippen LogP contribution in [0.25, 0.3) is 0 Å². The average Bonchev–Trinajstić information content (AvgIpc) is 2.48. The molecule has 4 heteroatoms. The second-order valence-electron chi connectivity index (χ2n) is 4.28. The summed E-state index contributed by atoms with van der Waals surface area (Å²) in [5.74, 6) is 0.892. The van der Waals surface area contributed by atoms with Gasteiger partial charge in [-0.05, 0) is 30.3 Å². The Morgan fingerprint density at radius 3 is 2.63 bits per heavy atom. The van der Waals surface area contributed by atoms with Crippen LogP contribution in [-0.4, -0.2) is 19.1 Å². The van der Waals surface area contributed by atoms with Crippen LogP contribution in [0.1, 0.15) is 11.1 Å². The van der Waals surface area contributed by atoms with Gasteiger partial charge in [-0.25, -0.2) is 4.98 Å². The lowest BCUT2D eigenvalue weighted by Gasteiger charge is -2.20. The molecular weight excluding hydrogens is 236 g/mol. The highest BCUT2D eigenvalue weighted by molar-refractivity contribution is 5.52. The summed E-state index contributed by atoms with van der Waals surface area (Å²) in [7, 11) is 3.89. The third kappa shape index (κ3) is 3.02. The molecule has 0 aliphatic carbocycles. The largest absolute Gasteiger partial charge is 0.373 e. The number of benzene rings is 1. The summed E-state index contributed by atoms with van der Waals surface area (Å²) in [6.45, 7) is 0.760. The Morgan fingerprint density at radius 2 is 2.00 bits per heavy atom. The lowest BCUT2D eigenvalue weighted by molar-refractivity contribution is 0.916. The van der Waals surface area contributed by atoms with E-state index >= 15 is 0 Å². The smallest absolute Gasteiger partial charge is 0.130 e. The van der Waals surface area contributed by atoms with Crippen molar-refractivity contribution in [3.8, 4) is 6.07 Å². The van der Waals surface area contributed by atoms with Gasteiger partial charge in [0.15, 0.2) is 0 Å². The summed E-state index contributed by atoms with van der Waals surface area (Å²) >= 11 is 0. The van der Waals surface area contributed by atoms with Gasteiger partial charge in [-0.3, -0.25) is 0 Å². The van der Waals surface area contributed by atoms with Crippen LogP contribution in [0.4, 0.5) is 11.5 Å². The fourth-order valence-corrected chi connectivity index (χ4v) is 1.93. The topological polar surface area (TPSA) is 52.0 Å². The molecule has 0 saturated carbocycles. The minimum Gasteiger partial charge on any atom is -0.373 e. The monoisotopic (exact) mass is 252 g/mol. The van der Waals surface area contributed by atoms with Crippen molar-refractivity contribution in [3.05, 3.63) is 53.7 Å². The van der Waals surface area contributed by atoms with E-state index in [1.807, 2.05) is 44.4 Å². The number of nitrogens with zero attached hydrogens (tertiary/aromatic N) is 3. The van der Waals surface area contributed by atoms with Gasteiger partial charge in [-0.1, -0.05) is 6.07 Å². The van der Waals surface area contributed by atoms with Gasteiger partial charge >= 0.3 is 0 Å². The van der Waals surface area contributed by atoms with Gasteiger partial charge in [0.2, 0.25) is 0 Å². The van der Waals surface area contributed by atoms with Crippen molar-refractivity contribution in [1.82, 2.24) is 4.98 Å². The average molecular weight is 252 g/mol. The molecule has 0 radical (unpaired) electrons. The van der Waals surface area contributed by atoms with Gasteiger partial charge < -0.3 is 10.2 Å². The number of hydrogen-bond donors (Lipinski definition) is 1. The van der Waals surface area contributed by atoms with E-state index in [4.69, 9.17) is 5.26 Å². The molecule has 2 aromatic rings. The van der Waals surface area contributed by atoms with Crippen LogP contribution in [-0.2, 0) is 6.54 Å². The number of aromatic nitrogens is 1. The van der Waals surface area contributed by atoms with Crippen molar-refractivity contribution >= 4 is 11.5 Å². The molecule has 0 atom stereocenters. The summed E-state index contributed by atoms with van der Waals surface area (Å²) in [4.78, 5) is 6.41. The third-order valence-corrected chi connectivity index (χ3v) is 2.97. The van der Waals surface area contributed by atoms with Gasteiger partial charge in [0.25, 0.3) is 0 Å². The molecule has 0 saturated heterocycles. The number of nitriles is 1. The zero-order valence-corrected chi connectivity index (χ0v) is 11.1. The molecule has 0 spiro atoms. The number of anilines is 2. The van der Waals surface area contributed by atoms with Gasteiger partial charge in [0.1, 0.15) is 5.82 Å². The van der Waals surface area contributed by atoms with Gasteiger partial charge in [-0.15, -0.1) is 0 Å². The van der Waals surface area contributed by atoms with Crippen molar-refractivity contribution in [1.29, 1.82) is 5.26 Å². The van der Waals surface area contributed by atoms with Crippen LogP contribution < -0.4 is 10.2 Å². The van der Waals surface area contributed by atoms with Crippen LogP contribution in [0, 0.1) is 11.3 Å². The van der Waals surface area contributed by atoms with Crippen molar-refractivity contribution in [2.24, 2.45) is 0 Å². The first-order chi connectivity index (χ1) is 9.24. The Kier molecular flexibility index (Phi) is 3.99. The summed E-state index contributed by atoms with van der Waals surface area (Å²) < 4.78 is 0. The highest BCUT2D eigenvalue weighted by Gasteiger charge is 2.06. The number of pyridine rings is 1. The van der Waals surface area contributed by atoms with E-state index in [-0.39, 0.29) is 0 Å². The Morgan fingerprint density at radius 1 is 1.26 bits per heavy atom. The predicted octanol–water partition coefficient (Wildman–Crippen LogP) is 2.63. The fourth-order valence-electron chi connectivity index (χ4n) is 1.93. The van der Waals surface area contributed by atoms with Crippen LogP contribution in [0.15, 0.2) is 42.6 Å². The molecule has 0 aliphatic heterocycles. The molecule has 1 N–H and O–H groups in total. The van der Waals surface area contributed by atoms with E-state index < -0.39 is 0 Å². The minimum absolute atomic E-state index is 0.675. The van der Waals surface area contributed by atoms with E-state index in [1.165, 1.54) is 0 Å². The molecule has 96 valence electrons. The molecule has 2 rings (SSSR count). The lowest BCUT2D eigenvalue weighted by Crippen LogP contribution is -2.17. The maximum Gasteiger partial charge on any atom is 0.130 e. The number of nitrogens with one attached hydrogen (secondary N) is 1. The number of hydrogen-bond acceptors (Lipinski definition) is 4. The number of rotatable bonds is 4. The maximum absolute atomic E-state index is 8.79. The summed E-state index contributed by atoms with van der Waals surface area (Å²) in [6, 6.07) is 13.7. The van der Waals surface area contributed by atoms with Crippen molar-refractivity contribution in [3.63, 3.8) is 0 Å². The van der Waals surface area contributed by atoms with Crippen LogP contribution in [0.3, 0.4) is 0 Å². The molecule has 1 heterocycles. The van der Waals surface area contributed by atoms with E-state index in [9.17, 15) is 0 Å². The predicted molar refractivity (Wildman–Crippen MR) is 77.0 cm³/mol. The van der Waals surface area contributed by atoms with E-state index in [1.54, 1.807) is 6.20 Å². The third-order valence-electron chi connectivity index (χ3n) is 2.97. The molecule has 0 bridgehead atoms. The zero-order valence-electron chi connectivity index (χ0n) is 11.1. The summed E-state index contributed by atoms with van der Waals surface area (Å²) in [5.41, 5.74) is 2.89. The highest BCUT2D eigenvalue weighted by atomic mass is 15.1. The Labute approximate surface area is 113 Å². The zero-order chi connectivity index (χ0) is 13.7. The molecule has 1 aromatic carbocycles. The highest BCUT2D eigenvalue weighted by Crippen LogP contribution is 2.19. The molecule has 4 nitrogen and oxygen atoms in total. The molecule has 0 fully saturated rings. The van der Waals surface area contributed by atoms with Gasteiger partial charge in [0.05, 0.1) is 11.6 Å². The molecule has 19 heavy (non-hydrogen) atoms. The lowest BCUT2D eigenvalue weighted by atomic mass is 10.2. The second-order valence-corrected chi connectivity index (χ2v) is 4.28. The normalized spacial score (nSPS) is 9.74. The van der Waals surface area contributed by atoms with E-state index in [0.717, 1.165) is 23.6 Å². The molecule has 0 amide bonds. The first-order valence-electron chi connectivity index (χ1n) is 6.07. The van der Waals surface area contributed by atoms with E-state index in [2.05, 4.69) is 27.3 Å². The van der Waals surface area contributed by atoms with Crippen molar-refractivity contribution in [2.75, 3.05) is 24.3 Å². The Balaban J connectivity index is 2.16. The van der Waals surface area contributed by atoms with Gasteiger partial charge in [0, 0.05) is 38.1 Å². The van der Waals surface area contributed by atoms with Gasteiger partial charge in [-0.2, -0.15) is 5.26 Å². The van der Waals surface area contributed by atoms with Crippen LogP contribution in [0.2, 0.25) is 0 Å². The maximum atomic E-state index is 8.79. The summed E-state index contributed by atoms with van der Waals surface area (Å²) in [5, 5.41) is 11.9. The minimum atomic E-state index is 0.675. The van der Waals surface area contributed by atoms with E-state index in [0.29, 0.717) is 5.56 Å². The first kappa shape index (κ1) is 12.9. The second kappa shape index (κ2) is 5.87. The molecule has 1 aromatic heterocycles. The fraction of sp³-hybridized carbons (Fsp3) is 0.200. The quantitative estimate of drug-likeness (QED) is 0.908. The SMILES string of the molecule is CNc1ncccc1CN(C)c1ccc(C#N)cc1. The van der Waals surface area contributed by atoms with Crippen molar-refractivity contribution < 1.29 is 0 Å². The first-order valence-corrected chi connectivity index (χ1v) is 6.07. The van der Waals surface area contributed by atoms with Crippen LogP contribution >= 0.6 is 0 Å². The molecular formula is C15H16N4.